The van der Waals surface area contributed by atoms with Crippen LogP contribution in [-0.4, -0.2) is 247 Å². The predicted octanol–water partition coefficient (Wildman–Crippen LogP) is 2.69. The van der Waals surface area contributed by atoms with E-state index in [9.17, 15) is 45.3 Å². The van der Waals surface area contributed by atoms with Gasteiger partial charge in [-0.1, -0.05) is 27.7 Å². The number of methoxy groups -OCH3 is 4. The molecule has 4 saturated carbocycles. The van der Waals surface area contributed by atoms with Crippen LogP contribution >= 0.6 is 0 Å². The molecule has 0 spiro atoms. The predicted molar refractivity (Wildman–Crippen MR) is 303 cm³/mol. The number of carbonyl (C=O) groups is 2. The molecule has 87 heavy (non-hydrogen) atoms. The van der Waals surface area contributed by atoms with Crippen LogP contribution in [0.15, 0.2) is 0 Å². The molecule has 25 nitrogen and oxygen atoms in total. The average Bonchev–Trinajstić information content (AvgIpc) is 1.60. The topological polar surface area (TPSA) is 323 Å². The molecule has 9 aliphatic rings. The highest BCUT2D eigenvalue weighted by atomic mass is 16.8. The van der Waals surface area contributed by atoms with Crippen molar-refractivity contribution in [2.24, 2.45) is 34.5 Å². The summed E-state index contributed by atoms with van der Waals surface area (Å²) in [5.74, 6) is -1.15. The van der Waals surface area contributed by atoms with E-state index in [-0.39, 0.29) is 48.0 Å². The molecule has 33 atom stereocenters. The molecule has 9 rings (SSSR count). The highest BCUT2D eigenvalue weighted by molar-refractivity contribution is 5.72. The summed E-state index contributed by atoms with van der Waals surface area (Å²) in [6.45, 7) is 17.6. The molecule has 0 aromatic carbocycles. The summed E-state index contributed by atoms with van der Waals surface area (Å²) in [7, 11) is 6.17. The van der Waals surface area contributed by atoms with E-state index in [1.165, 1.54) is 14.0 Å². The number of aliphatic hydroxyl groups is 7. The Morgan fingerprint density at radius 2 is 1.10 bits per heavy atom. The van der Waals surface area contributed by atoms with Crippen molar-refractivity contribution in [2.75, 3.05) is 35.0 Å². The Labute approximate surface area is 512 Å². The summed E-state index contributed by atoms with van der Waals surface area (Å²) < 4.78 is 99.7. The molecule has 7 N–H and O–H groups in total. The van der Waals surface area contributed by atoms with Gasteiger partial charge in [0.2, 0.25) is 0 Å². The minimum absolute atomic E-state index is 0.000497. The van der Waals surface area contributed by atoms with Crippen LogP contribution in [0, 0.1) is 34.5 Å². The van der Waals surface area contributed by atoms with Crippen molar-refractivity contribution >= 4 is 11.9 Å². The van der Waals surface area contributed by atoms with Gasteiger partial charge in [0.25, 0.3) is 0 Å². The Bertz CT molecular complexity index is 2270. The number of rotatable bonds is 20. The summed E-state index contributed by atoms with van der Waals surface area (Å²) in [6, 6.07) is 0. The maximum Gasteiger partial charge on any atom is 0.309 e. The Morgan fingerprint density at radius 1 is 0.575 bits per heavy atom. The second kappa shape index (κ2) is 28.0. The molecule has 0 aromatic rings. The van der Waals surface area contributed by atoms with Crippen LogP contribution < -0.4 is 0 Å². The van der Waals surface area contributed by atoms with Gasteiger partial charge in [-0.2, -0.15) is 0 Å². The summed E-state index contributed by atoms with van der Waals surface area (Å²) in [5.41, 5.74) is -4.51. The quantitative estimate of drug-likeness (QED) is 0.0681. The van der Waals surface area contributed by atoms with Gasteiger partial charge in [0.1, 0.15) is 78.8 Å². The molecule has 5 aliphatic heterocycles. The molecule has 9 fully saturated rings. The van der Waals surface area contributed by atoms with Crippen LogP contribution in [0.5, 0.6) is 0 Å². The smallest absolute Gasteiger partial charge is 0.309 e. The lowest BCUT2D eigenvalue weighted by atomic mass is 9.42. The second-order valence-electron chi connectivity index (χ2n) is 27.1. The first-order valence-electron chi connectivity index (χ1n) is 32.0. The van der Waals surface area contributed by atoms with Crippen molar-refractivity contribution in [1.82, 2.24) is 0 Å². The molecule has 502 valence electrons. The number of hydrogen-bond donors (Lipinski definition) is 7. The fourth-order valence-electron chi connectivity index (χ4n) is 17.1. The third kappa shape index (κ3) is 13.1. The molecule has 0 amide bonds. The van der Waals surface area contributed by atoms with Crippen LogP contribution in [0.2, 0.25) is 0 Å². The van der Waals surface area contributed by atoms with Crippen molar-refractivity contribution in [3.05, 3.63) is 0 Å². The number of aliphatic hydroxyl groups excluding tert-OH is 5. The molecule has 5 saturated heterocycles. The van der Waals surface area contributed by atoms with E-state index in [0.29, 0.717) is 32.1 Å². The van der Waals surface area contributed by atoms with Gasteiger partial charge >= 0.3 is 11.9 Å². The third-order valence-corrected chi connectivity index (χ3v) is 22.5. The number of ether oxygens (including phenoxy) is 16. The second-order valence-corrected chi connectivity index (χ2v) is 27.1. The van der Waals surface area contributed by atoms with Crippen molar-refractivity contribution < 1.29 is 121 Å². The minimum Gasteiger partial charge on any atom is -0.462 e. The summed E-state index contributed by atoms with van der Waals surface area (Å²) in [6.07, 6.45) is -15.5. The molecule has 0 aromatic heterocycles. The molecular weight excluding hydrogens is 1140 g/mol. The van der Waals surface area contributed by atoms with Crippen molar-refractivity contribution in [3.8, 4) is 0 Å². The van der Waals surface area contributed by atoms with Crippen LogP contribution in [0.1, 0.15) is 146 Å². The summed E-state index contributed by atoms with van der Waals surface area (Å²) in [4.78, 5) is 25.9. The van der Waals surface area contributed by atoms with Gasteiger partial charge in [-0.15, -0.1) is 0 Å². The van der Waals surface area contributed by atoms with E-state index in [1.807, 2.05) is 27.7 Å². The monoisotopic (exact) mass is 1250 g/mol. The zero-order chi connectivity index (χ0) is 63.4. The van der Waals surface area contributed by atoms with E-state index in [4.69, 9.17) is 75.8 Å². The molecule has 33 unspecified atom stereocenters. The minimum atomic E-state index is -1.68. The van der Waals surface area contributed by atoms with Crippen LogP contribution in [0.4, 0.5) is 0 Å². The normalized spacial score (nSPS) is 50.9. The van der Waals surface area contributed by atoms with Gasteiger partial charge in [-0.3, -0.25) is 9.59 Å². The number of carbonyl (C=O) groups excluding carboxylic acids is 2. The zero-order valence-corrected chi connectivity index (χ0v) is 53.4. The highest BCUT2D eigenvalue weighted by Gasteiger charge is 2.77. The standard InChI is InChI=1S/C62H104O25/c1-15-28(2)56(69)80-33(7)61(70)20-21-62(71)37-17-16-35-22-36(18-19-59(35,9)38(37)23-43(60(61,62)10)81-34(8)64)82-44-24-39(72-11)51(29(3)76-44)84-45-25-40(73-12)52(30(4)77-45)85-46-26-41(74-13)53(31(5)78-46)86-58-50(68)55(75-14)54(32(6)79-58)87-57-49(67)48(66)47(65)42(27-63)83-57/h28-33,35-55,57-58,63,65-68,70-71H,15-27H2,1-14H3. The first kappa shape index (κ1) is 69.4. The van der Waals surface area contributed by atoms with E-state index >= 15 is 0 Å². The maximum absolute atomic E-state index is 13.1. The third-order valence-electron chi connectivity index (χ3n) is 22.5. The SMILES string of the molecule is CCC(C)C(=O)OC(C)C1(O)CCC2(O)C3CCC4CC(OC5CC(OC)C(OC6CC(OC)C(OC7CC(OC)C(OC8OC(C)C(OC9OC(CO)C(O)C(O)C9O)C(OC)C8O)C(C)O7)C(C)O6)C(C)O5)CCC4(C)C3CC(OC(C)=O)C12C. The van der Waals surface area contributed by atoms with E-state index in [1.54, 1.807) is 49.0 Å². The summed E-state index contributed by atoms with van der Waals surface area (Å²) in [5, 5.41) is 78.3. The molecule has 0 bridgehead atoms. The van der Waals surface area contributed by atoms with Crippen LogP contribution in [0.25, 0.3) is 0 Å². The van der Waals surface area contributed by atoms with Crippen molar-refractivity contribution in [2.45, 2.75) is 311 Å². The Morgan fingerprint density at radius 3 is 1.63 bits per heavy atom. The Kier molecular flexibility index (Phi) is 22.3. The fraction of sp³-hybridized carbons (Fsp3) is 0.968. The number of hydrogen-bond acceptors (Lipinski definition) is 25. The Balaban J connectivity index is 0.765. The number of esters is 2. The lowest BCUT2D eigenvalue weighted by Gasteiger charge is -2.66. The Hall–Kier alpha value is -1.90. The number of fused-ring (bicyclic) bond motifs is 5. The maximum atomic E-state index is 13.1. The lowest BCUT2D eigenvalue weighted by Crippen LogP contribution is -2.72. The summed E-state index contributed by atoms with van der Waals surface area (Å²) >= 11 is 0. The van der Waals surface area contributed by atoms with Crippen LogP contribution in [-0.2, 0) is 85.4 Å². The molecule has 4 aliphatic carbocycles. The van der Waals surface area contributed by atoms with E-state index in [2.05, 4.69) is 6.92 Å². The fourth-order valence-corrected chi connectivity index (χ4v) is 17.1. The molecular formula is C62H104O25. The van der Waals surface area contributed by atoms with Crippen molar-refractivity contribution in [3.63, 3.8) is 0 Å². The highest BCUT2D eigenvalue weighted by Crippen LogP contribution is 2.71. The van der Waals surface area contributed by atoms with Gasteiger partial charge in [0, 0.05) is 54.6 Å². The van der Waals surface area contributed by atoms with E-state index in [0.717, 1.165) is 32.1 Å². The molecule has 25 heteroatoms. The molecule has 0 radical (unpaired) electrons. The zero-order valence-electron chi connectivity index (χ0n) is 53.4. The largest absolute Gasteiger partial charge is 0.462 e. The lowest BCUT2D eigenvalue weighted by molar-refractivity contribution is -0.374. The van der Waals surface area contributed by atoms with Crippen molar-refractivity contribution in [1.29, 1.82) is 0 Å². The van der Waals surface area contributed by atoms with Gasteiger partial charge in [-0.25, -0.2) is 0 Å². The van der Waals surface area contributed by atoms with Gasteiger partial charge in [0.05, 0.1) is 72.4 Å². The van der Waals surface area contributed by atoms with Gasteiger partial charge in [0.15, 0.2) is 31.5 Å². The van der Waals surface area contributed by atoms with E-state index < -0.39 is 183 Å². The first-order chi connectivity index (χ1) is 41.1. The first-order valence-corrected chi connectivity index (χ1v) is 32.0. The average molecular weight is 1250 g/mol. The van der Waals surface area contributed by atoms with Gasteiger partial charge in [-0.05, 0) is 116 Å². The molecule has 5 heterocycles. The van der Waals surface area contributed by atoms with Gasteiger partial charge < -0.3 is 112 Å². The van der Waals surface area contributed by atoms with Crippen LogP contribution in [0.3, 0.4) is 0 Å².